The molecule has 6 nitrogen and oxygen atoms in total. The van der Waals surface area contributed by atoms with Crippen molar-refractivity contribution in [3.05, 3.63) is 48.0 Å². The molecule has 0 unspecified atom stereocenters. The van der Waals surface area contributed by atoms with Crippen LogP contribution in [0.25, 0.3) is 0 Å². The molecular formula is C21H26N4O2S. The molecule has 28 heavy (non-hydrogen) atoms. The molecular weight excluding hydrogens is 372 g/mol. The lowest BCUT2D eigenvalue weighted by Crippen LogP contribution is -2.61. The summed E-state index contributed by atoms with van der Waals surface area (Å²) in [5.74, 6) is 0.424. The van der Waals surface area contributed by atoms with Crippen molar-refractivity contribution in [3.8, 4) is 0 Å². The molecule has 0 radical (unpaired) electrons. The van der Waals surface area contributed by atoms with Crippen molar-refractivity contribution in [2.75, 3.05) is 18.1 Å². The molecule has 1 saturated carbocycles. The number of anilines is 2. The Morgan fingerprint density at radius 2 is 1.96 bits per heavy atom. The Labute approximate surface area is 166 Å². The molecule has 2 aromatic rings. The lowest BCUT2D eigenvalue weighted by molar-refractivity contribution is 0.0320. The van der Waals surface area contributed by atoms with Crippen LogP contribution in [0.1, 0.15) is 43.2 Å². The van der Waals surface area contributed by atoms with E-state index in [0.717, 1.165) is 37.1 Å². The molecule has 2 bridgehead atoms. The normalized spacial score (nSPS) is 29.6. The molecule has 1 aliphatic heterocycles. The van der Waals surface area contributed by atoms with Gasteiger partial charge in [-0.05, 0) is 54.9 Å². The number of fused-ring (bicyclic) bond motifs is 1. The summed E-state index contributed by atoms with van der Waals surface area (Å²) in [7, 11) is -3.17. The Morgan fingerprint density at radius 1 is 1.14 bits per heavy atom. The molecule has 148 valence electrons. The summed E-state index contributed by atoms with van der Waals surface area (Å²) in [6.07, 6.45) is 12.9. The average Bonchev–Trinajstić information content (AvgIpc) is 2.68. The molecule has 2 fully saturated rings. The van der Waals surface area contributed by atoms with Gasteiger partial charge in [-0.3, -0.25) is 0 Å². The SMILES string of the molecule is CS(=O)(=O)N1CC[C@]23CCCC[C@H]2[C@H]1Cc1ccc(Nc2cncnc2)cc13. The van der Waals surface area contributed by atoms with E-state index in [1.165, 1.54) is 36.6 Å². The first-order chi connectivity index (χ1) is 13.5. The zero-order valence-electron chi connectivity index (χ0n) is 16.1. The standard InChI is InChI=1S/C21H26N4O2S/c1-28(26,27)25-9-8-21-7-3-2-4-18(21)20(25)10-15-5-6-16(11-19(15)21)24-17-12-22-14-23-13-17/h5-6,11-14,18,20,24H,2-4,7-10H2,1H3/t18-,20+,21+/m0/s1. The van der Waals surface area contributed by atoms with Gasteiger partial charge in [0.15, 0.2) is 0 Å². The van der Waals surface area contributed by atoms with Crippen LogP contribution in [-0.2, 0) is 21.9 Å². The van der Waals surface area contributed by atoms with Crippen LogP contribution in [0.3, 0.4) is 0 Å². The molecule has 0 spiro atoms. The lowest BCUT2D eigenvalue weighted by Gasteiger charge is -2.58. The second-order valence-corrected chi connectivity index (χ2v) is 10.5. The Bertz CT molecular complexity index is 995. The van der Waals surface area contributed by atoms with Gasteiger partial charge in [-0.25, -0.2) is 18.4 Å². The number of rotatable bonds is 3. The van der Waals surface area contributed by atoms with Gasteiger partial charge in [-0.1, -0.05) is 18.9 Å². The molecule has 2 heterocycles. The van der Waals surface area contributed by atoms with Gasteiger partial charge in [0.05, 0.1) is 24.3 Å². The molecule has 1 aromatic carbocycles. The van der Waals surface area contributed by atoms with Gasteiger partial charge in [-0.15, -0.1) is 0 Å². The van der Waals surface area contributed by atoms with E-state index in [2.05, 4.69) is 33.5 Å². The second kappa shape index (κ2) is 6.52. The van der Waals surface area contributed by atoms with E-state index in [4.69, 9.17) is 0 Å². The first-order valence-electron chi connectivity index (χ1n) is 10.1. The van der Waals surface area contributed by atoms with Crippen LogP contribution in [0.4, 0.5) is 11.4 Å². The largest absolute Gasteiger partial charge is 0.353 e. The topological polar surface area (TPSA) is 75.2 Å². The predicted octanol–water partition coefficient (Wildman–Crippen LogP) is 3.24. The zero-order valence-corrected chi connectivity index (χ0v) is 17.0. The number of piperidine rings is 1. The van der Waals surface area contributed by atoms with Crippen LogP contribution in [0, 0.1) is 5.92 Å². The Morgan fingerprint density at radius 3 is 2.75 bits per heavy atom. The molecule has 3 aliphatic rings. The minimum absolute atomic E-state index is 0.109. The third-order valence-electron chi connectivity index (χ3n) is 7.06. The first-order valence-corrected chi connectivity index (χ1v) is 11.9. The second-order valence-electron chi connectivity index (χ2n) is 8.53. The molecule has 1 aromatic heterocycles. The van der Waals surface area contributed by atoms with Crippen molar-refractivity contribution in [1.29, 1.82) is 0 Å². The number of nitrogens with zero attached hydrogens (tertiary/aromatic N) is 3. The van der Waals surface area contributed by atoms with Gasteiger partial charge in [-0.2, -0.15) is 4.31 Å². The highest BCUT2D eigenvalue weighted by Gasteiger charge is 2.55. The molecule has 7 heteroatoms. The van der Waals surface area contributed by atoms with E-state index in [-0.39, 0.29) is 11.5 Å². The molecule has 3 atom stereocenters. The van der Waals surface area contributed by atoms with Crippen molar-refractivity contribution in [2.24, 2.45) is 5.92 Å². The Hall–Kier alpha value is -1.99. The van der Waals surface area contributed by atoms with Gasteiger partial charge >= 0.3 is 0 Å². The summed E-state index contributed by atoms with van der Waals surface area (Å²) in [6, 6.07) is 6.68. The van der Waals surface area contributed by atoms with Gasteiger partial charge in [0.25, 0.3) is 0 Å². The molecule has 1 N–H and O–H groups in total. The monoisotopic (exact) mass is 398 g/mol. The predicted molar refractivity (Wildman–Crippen MR) is 109 cm³/mol. The fraction of sp³-hybridized carbons (Fsp3) is 0.524. The fourth-order valence-corrected chi connectivity index (χ4v) is 7.13. The van der Waals surface area contributed by atoms with Crippen molar-refractivity contribution >= 4 is 21.4 Å². The summed E-state index contributed by atoms with van der Waals surface area (Å²) in [5.41, 5.74) is 4.79. The van der Waals surface area contributed by atoms with E-state index >= 15 is 0 Å². The molecule has 0 amide bonds. The van der Waals surface area contributed by atoms with Crippen molar-refractivity contribution in [3.63, 3.8) is 0 Å². The van der Waals surface area contributed by atoms with Crippen molar-refractivity contribution in [1.82, 2.24) is 14.3 Å². The van der Waals surface area contributed by atoms with Gasteiger partial charge in [0.1, 0.15) is 6.33 Å². The quantitative estimate of drug-likeness (QED) is 0.859. The molecule has 5 rings (SSSR count). The number of hydrogen-bond donors (Lipinski definition) is 1. The number of nitrogens with one attached hydrogen (secondary N) is 1. The molecule has 1 saturated heterocycles. The highest BCUT2D eigenvalue weighted by molar-refractivity contribution is 7.88. The maximum absolute atomic E-state index is 12.4. The number of sulfonamides is 1. The van der Waals surface area contributed by atoms with Gasteiger partial charge in [0, 0.05) is 23.7 Å². The van der Waals surface area contributed by atoms with Gasteiger partial charge < -0.3 is 5.32 Å². The van der Waals surface area contributed by atoms with E-state index in [9.17, 15) is 8.42 Å². The fourth-order valence-electron chi connectivity index (χ4n) is 5.99. The van der Waals surface area contributed by atoms with Crippen LogP contribution in [0.15, 0.2) is 36.9 Å². The van der Waals surface area contributed by atoms with Crippen molar-refractivity contribution in [2.45, 2.75) is 50.0 Å². The van der Waals surface area contributed by atoms with E-state index in [0.29, 0.717) is 12.5 Å². The summed E-state index contributed by atoms with van der Waals surface area (Å²) < 4.78 is 26.7. The zero-order chi connectivity index (χ0) is 19.4. The van der Waals surface area contributed by atoms with Crippen LogP contribution in [0.5, 0.6) is 0 Å². The first kappa shape index (κ1) is 18.1. The van der Waals surface area contributed by atoms with E-state index < -0.39 is 10.0 Å². The maximum atomic E-state index is 12.4. The van der Waals surface area contributed by atoms with E-state index in [1.807, 2.05) is 0 Å². The highest BCUT2D eigenvalue weighted by atomic mass is 32.2. The smallest absolute Gasteiger partial charge is 0.211 e. The minimum atomic E-state index is -3.17. The third-order valence-corrected chi connectivity index (χ3v) is 8.37. The summed E-state index contributed by atoms with van der Waals surface area (Å²) in [5, 5.41) is 3.42. The average molecular weight is 399 g/mol. The number of benzene rings is 1. The number of aromatic nitrogens is 2. The minimum Gasteiger partial charge on any atom is -0.353 e. The van der Waals surface area contributed by atoms with Crippen LogP contribution in [0.2, 0.25) is 0 Å². The lowest BCUT2D eigenvalue weighted by atomic mass is 9.53. The third kappa shape index (κ3) is 2.83. The van der Waals surface area contributed by atoms with Crippen LogP contribution in [-0.4, -0.2) is 41.5 Å². The summed E-state index contributed by atoms with van der Waals surface area (Å²) >= 11 is 0. The summed E-state index contributed by atoms with van der Waals surface area (Å²) in [6.45, 7) is 0.642. The Kier molecular flexibility index (Phi) is 4.21. The Balaban J connectivity index is 1.57. The molecule has 2 aliphatic carbocycles. The van der Waals surface area contributed by atoms with Crippen molar-refractivity contribution < 1.29 is 8.42 Å². The summed E-state index contributed by atoms with van der Waals surface area (Å²) in [4.78, 5) is 8.16. The highest BCUT2D eigenvalue weighted by Crippen LogP contribution is 2.56. The van der Waals surface area contributed by atoms with Crippen LogP contribution >= 0.6 is 0 Å². The maximum Gasteiger partial charge on any atom is 0.211 e. The van der Waals surface area contributed by atoms with Gasteiger partial charge in [0.2, 0.25) is 10.0 Å². The van der Waals surface area contributed by atoms with E-state index in [1.54, 1.807) is 16.7 Å². The van der Waals surface area contributed by atoms with Crippen LogP contribution < -0.4 is 5.32 Å². The number of hydrogen-bond acceptors (Lipinski definition) is 5.